The van der Waals surface area contributed by atoms with Crippen LogP contribution in [0.1, 0.15) is 50.6 Å². The zero-order chi connectivity index (χ0) is 26.4. The van der Waals surface area contributed by atoms with Crippen molar-refractivity contribution >= 4 is 62.8 Å². The van der Waals surface area contributed by atoms with Gasteiger partial charge in [-0.15, -0.1) is 11.3 Å². The number of aryl methyl sites for hydroxylation is 2. The number of amides is 4. The van der Waals surface area contributed by atoms with Crippen molar-refractivity contribution in [3.63, 3.8) is 0 Å². The van der Waals surface area contributed by atoms with Gasteiger partial charge in [0.05, 0.1) is 18.4 Å². The van der Waals surface area contributed by atoms with E-state index in [9.17, 15) is 19.2 Å². The number of carbonyl (C=O) groups is 4. The van der Waals surface area contributed by atoms with Gasteiger partial charge < -0.3 is 9.30 Å². The number of halogens is 1. The molecule has 0 radical (unpaired) electrons. The fourth-order valence-electron chi connectivity index (χ4n) is 4.93. The predicted molar refractivity (Wildman–Crippen MR) is 144 cm³/mol. The largest absolute Gasteiger partial charge is 0.465 e. The van der Waals surface area contributed by atoms with Crippen LogP contribution in [0.25, 0.3) is 11.1 Å². The maximum absolute atomic E-state index is 13.3. The molecule has 8 nitrogen and oxygen atoms in total. The van der Waals surface area contributed by atoms with Gasteiger partial charge in [-0.25, -0.2) is 14.5 Å². The number of methoxy groups -OCH3 is 1. The average molecular weight is 582 g/mol. The van der Waals surface area contributed by atoms with E-state index < -0.39 is 17.8 Å². The summed E-state index contributed by atoms with van der Waals surface area (Å²) in [7, 11) is 1.38. The highest BCUT2D eigenvalue weighted by atomic mass is 79.9. The lowest BCUT2D eigenvalue weighted by atomic mass is 9.95. The third kappa shape index (κ3) is 4.34. The third-order valence-corrected chi connectivity index (χ3v) is 8.45. The van der Waals surface area contributed by atoms with Crippen molar-refractivity contribution in [3.8, 4) is 5.00 Å². The molecule has 0 atom stereocenters. The molecule has 3 aromatic rings. The van der Waals surface area contributed by atoms with Gasteiger partial charge in [-0.1, -0.05) is 22.0 Å². The molecule has 1 aromatic carbocycles. The summed E-state index contributed by atoms with van der Waals surface area (Å²) in [6.07, 6.45) is 5.37. The van der Waals surface area contributed by atoms with Gasteiger partial charge in [0.25, 0.3) is 11.8 Å². The number of barbiturate groups is 1. The lowest BCUT2D eigenvalue weighted by molar-refractivity contribution is -0.122. The van der Waals surface area contributed by atoms with Gasteiger partial charge in [-0.2, -0.15) is 0 Å². The normalized spacial score (nSPS) is 16.7. The van der Waals surface area contributed by atoms with E-state index in [1.807, 2.05) is 24.5 Å². The van der Waals surface area contributed by atoms with Gasteiger partial charge >= 0.3 is 12.0 Å². The molecule has 4 amide bonds. The molecule has 5 rings (SSSR count). The van der Waals surface area contributed by atoms with E-state index in [0.717, 1.165) is 52.5 Å². The van der Waals surface area contributed by atoms with Crippen molar-refractivity contribution in [2.45, 2.75) is 39.5 Å². The summed E-state index contributed by atoms with van der Waals surface area (Å²) in [5, 5.41) is 3.04. The van der Waals surface area contributed by atoms with Crippen molar-refractivity contribution in [2.75, 3.05) is 12.0 Å². The van der Waals surface area contributed by atoms with Crippen LogP contribution in [0.3, 0.4) is 0 Å². The first kappa shape index (κ1) is 25.2. The molecule has 190 valence electrons. The van der Waals surface area contributed by atoms with Crippen LogP contribution in [0, 0.1) is 13.8 Å². The minimum Gasteiger partial charge on any atom is -0.465 e. The molecule has 1 N–H and O–H groups in total. The number of urea groups is 1. The summed E-state index contributed by atoms with van der Waals surface area (Å²) in [5.41, 5.74) is 4.07. The molecule has 0 unspecified atom stereocenters. The zero-order valence-electron chi connectivity index (χ0n) is 20.5. The Labute approximate surface area is 226 Å². The van der Waals surface area contributed by atoms with Crippen LogP contribution in [0.2, 0.25) is 0 Å². The van der Waals surface area contributed by atoms with Gasteiger partial charge in [0, 0.05) is 20.7 Å². The molecule has 1 aliphatic carbocycles. The average Bonchev–Trinajstić information content (AvgIpc) is 3.37. The molecule has 0 spiro atoms. The second kappa shape index (κ2) is 9.75. The van der Waals surface area contributed by atoms with Crippen molar-refractivity contribution in [3.05, 3.63) is 73.3 Å². The number of carbonyl (C=O) groups excluding carboxylic acids is 4. The monoisotopic (exact) mass is 581 g/mol. The summed E-state index contributed by atoms with van der Waals surface area (Å²) in [6.45, 7) is 3.79. The number of ether oxygens (including phenoxy) is 1. The van der Waals surface area contributed by atoms with E-state index in [4.69, 9.17) is 4.74 Å². The second-order valence-corrected chi connectivity index (χ2v) is 11.0. The van der Waals surface area contributed by atoms with Gasteiger partial charge in [-0.05, 0) is 81.0 Å². The highest BCUT2D eigenvalue weighted by Gasteiger charge is 2.37. The van der Waals surface area contributed by atoms with Crippen LogP contribution >= 0.6 is 27.3 Å². The Bertz CT molecular complexity index is 1520. The van der Waals surface area contributed by atoms with Crippen molar-refractivity contribution in [1.29, 1.82) is 0 Å². The van der Waals surface area contributed by atoms with Gasteiger partial charge in [0.1, 0.15) is 10.6 Å². The lowest BCUT2D eigenvalue weighted by Crippen LogP contribution is -2.54. The zero-order valence-corrected chi connectivity index (χ0v) is 22.9. The minimum atomic E-state index is -0.803. The Morgan fingerprint density at radius 1 is 1.14 bits per heavy atom. The van der Waals surface area contributed by atoms with Crippen LogP contribution in [0.5, 0.6) is 0 Å². The smallest absolute Gasteiger partial charge is 0.341 e. The first-order chi connectivity index (χ1) is 17.7. The Hall–Kier alpha value is -3.50. The highest BCUT2D eigenvalue weighted by Crippen LogP contribution is 2.39. The SMILES string of the molecule is COC(=O)c1c(-n2c(C)cc(/C=C3\C(=O)NC(=O)N(c4cccc(Br)c4)C3=O)c2C)sc2c1CCCC2. The van der Waals surface area contributed by atoms with E-state index in [1.165, 1.54) is 18.1 Å². The molecule has 37 heavy (non-hydrogen) atoms. The minimum absolute atomic E-state index is 0.154. The molecule has 1 aliphatic heterocycles. The van der Waals surface area contributed by atoms with Crippen LogP contribution in [-0.2, 0) is 27.2 Å². The summed E-state index contributed by atoms with van der Waals surface area (Å²) in [6, 6.07) is 7.79. The number of imide groups is 2. The standard InChI is InChI=1S/C27H24BrN3O5S/c1-14-11-16(12-20-23(32)29-27(35)31(24(20)33)18-8-6-7-17(28)13-18)15(2)30(14)25-22(26(34)36-3)19-9-4-5-10-21(19)37-25/h6-8,11-13H,4-5,9-10H2,1-3H3,(H,29,32,35)/b20-12+. The van der Waals surface area contributed by atoms with Gasteiger partial charge in [0.15, 0.2) is 0 Å². The van der Waals surface area contributed by atoms with Gasteiger partial charge in [0.2, 0.25) is 0 Å². The van der Waals surface area contributed by atoms with Crippen molar-refractivity contribution in [1.82, 2.24) is 9.88 Å². The van der Waals surface area contributed by atoms with E-state index in [0.29, 0.717) is 21.3 Å². The van der Waals surface area contributed by atoms with Crippen LogP contribution < -0.4 is 10.2 Å². The van der Waals surface area contributed by atoms with E-state index in [-0.39, 0.29) is 11.5 Å². The summed E-state index contributed by atoms with van der Waals surface area (Å²) in [4.78, 5) is 53.6. The van der Waals surface area contributed by atoms with Gasteiger partial charge in [-0.3, -0.25) is 14.9 Å². The number of nitrogens with one attached hydrogen (secondary N) is 1. The number of rotatable bonds is 4. The number of aromatic nitrogens is 1. The number of thiophene rings is 1. The number of anilines is 1. The molecule has 0 saturated carbocycles. The number of hydrogen-bond acceptors (Lipinski definition) is 6. The molecule has 1 saturated heterocycles. The molecular formula is C27H24BrN3O5S. The highest BCUT2D eigenvalue weighted by molar-refractivity contribution is 9.10. The summed E-state index contributed by atoms with van der Waals surface area (Å²) in [5.74, 6) is -1.84. The Morgan fingerprint density at radius 2 is 1.89 bits per heavy atom. The summed E-state index contributed by atoms with van der Waals surface area (Å²) >= 11 is 4.93. The molecule has 2 aliphatic rings. The second-order valence-electron chi connectivity index (χ2n) is 8.98. The Morgan fingerprint density at radius 3 is 2.62 bits per heavy atom. The van der Waals surface area contributed by atoms with Crippen LogP contribution in [0.15, 0.2) is 40.4 Å². The maximum Gasteiger partial charge on any atom is 0.341 e. The van der Waals surface area contributed by atoms with E-state index in [1.54, 1.807) is 35.6 Å². The fourth-order valence-corrected chi connectivity index (χ4v) is 6.81. The quantitative estimate of drug-likeness (QED) is 0.258. The number of esters is 1. The Balaban J connectivity index is 1.60. The number of nitrogens with zero attached hydrogens (tertiary/aromatic N) is 2. The molecule has 3 heterocycles. The number of fused-ring (bicyclic) bond motifs is 1. The van der Waals surface area contributed by atoms with E-state index >= 15 is 0 Å². The van der Waals surface area contributed by atoms with Crippen molar-refractivity contribution < 1.29 is 23.9 Å². The van der Waals surface area contributed by atoms with E-state index in [2.05, 4.69) is 21.2 Å². The lowest BCUT2D eigenvalue weighted by Gasteiger charge is -2.26. The van der Waals surface area contributed by atoms with Crippen LogP contribution in [-0.4, -0.2) is 35.5 Å². The maximum atomic E-state index is 13.3. The predicted octanol–water partition coefficient (Wildman–Crippen LogP) is 5.25. The van der Waals surface area contributed by atoms with Crippen molar-refractivity contribution in [2.24, 2.45) is 0 Å². The molecular weight excluding hydrogens is 558 g/mol. The third-order valence-electron chi connectivity index (χ3n) is 6.68. The molecule has 1 fully saturated rings. The number of hydrogen-bond donors (Lipinski definition) is 1. The topological polar surface area (TPSA) is 97.7 Å². The summed E-state index contributed by atoms with van der Waals surface area (Å²) < 4.78 is 7.80. The first-order valence-corrected chi connectivity index (χ1v) is 13.4. The molecule has 2 aromatic heterocycles. The Kier molecular flexibility index (Phi) is 6.63. The number of benzene rings is 1. The van der Waals surface area contributed by atoms with Crippen LogP contribution in [0.4, 0.5) is 10.5 Å². The fraction of sp³-hybridized carbons (Fsp3) is 0.259. The first-order valence-electron chi connectivity index (χ1n) is 11.8. The molecule has 10 heteroatoms. The molecule has 0 bridgehead atoms.